The van der Waals surface area contributed by atoms with Crippen molar-refractivity contribution in [3.8, 4) is 5.75 Å². The van der Waals surface area contributed by atoms with E-state index in [1.807, 2.05) is 42.5 Å². The zero-order chi connectivity index (χ0) is 19.2. The first-order valence-electron chi connectivity index (χ1n) is 8.70. The number of hydrogen-bond acceptors (Lipinski definition) is 6. The van der Waals surface area contributed by atoms with Crippen molar-refractivity contribution in [3.05, 3.63) is 53.6 Å². The maximum Gasteiger partial charge on any atom is 0.244 e. The predicted molar refractivity (Wildman–Crippen MR) is 110 cm³/mol. The summed E-state index contributed by atoms with van der Waals surface area (Å²) in [6.07, 6.45) is 1.83. The van der Waals surface area contributed by atoms with Crippen molar-refractivity contribution in [2.75, 3.05) is 12.3 Å². The lowest BCUT2D eigenvalue weighted by Crippen LogP contribution is -2.19. The van der Waals surface area contributed by atoms with E-state index in [-0.39, 0.29) is 12.3 Å². The smallest absolute Gasteiger partial charge is 0.244 e. The van der Waals surface area contributed by atoms with Gasteiger partial charge in [0.2, 0.25) is 5.91 Å². The number of benzene rings is 2. The first kappa shape index (κ1) is 18.8. The Morgan fingerprint density at radius 2 is 2.15 bits per heavy atom. The van der Waals surface area contributed by atoms with Crippen LogP contribution in [-0.4, -0.2) is 23.7 Å². The van der Waals surface area contributed by atoms with Gasteiger partial charge in [-0.15, -0.1) is 0 Å². The lowest BCUT2D eigenvalue weighted by molar-refractivity contribution is -0.120. The number of anilines is 1. The average molecular weight is 382 g/mol. The Balaban J connectivity index is 1.59. The van der Waals surface area contributed by atoms with E-state index in [2.05, 4.69) is 29.4 Å². The Morgan fingerprint density at radius 1 is 1.33 bits per heavy atom. The molecule has 0 fully saturated rings. The van der Waals surface area contributed by atoms with E-state index in [4.69, 9.17) is 10.5 Å². The maximum absolute atomic E-state index is 12.2. The summed E-state index contributed by atoms with van der Waals surface area (Å²) in [4.78, 5) is 16.4. The highest BCUT2D eigenvalue weighted by Gasteiger charge is 2.07. The van der Waals surface area contributed by atoms with Gasteiger partial charge >= 0.3 is 0 Å². The minimum atomic E-state index is -0.191. The van der Waals surface area contributed by atoms with Gasteiger partial charge in [0.15, 0.2) is 5.13 Å². The Morgan fingerprint density at radius 3 is 2.96 bits per heavy atom. The number of ether oxygens (including phenoxy) is 1. The van der Waals surface area contributed by atoms with Crippen LogP contribution >= 0.6 is 11.3 Å². The lowest BCUT2D eigenvalue weighted by Gasteiger charge is -2.10. The molecule has 6 nitrogen and oxygen atoms in total. The van der Waals surface area contributed by atoms with Crippen LogP contribution in [0.5, 0.6) is 5.75 Å². The number of nitrogens with one attached hydrogen (secondary N) is 1. The number of hydrogen-bond donors (Lipinski definition) is 2. The largest absolute Gasteiger partial charge is 0.493 e. The lowest BCUT2D eigenvalue weighted by atomic mass is 10.1. The maximum atomic E-state index is 12.2. The molecule has 7 heteroatoms. The summed E-state index contributed by atoms with van der Waals surface area (Å²) >= 11 is 1.41. The SMILES string of the molecule is CC(C)COc1ccccc1/C=N\NC(=O)Cc1ccc2nc(N)sc2c1. The van der Waals surface area contributed by atoms with Crippen LogP contribution < -0.4 is 15.9 Å². The topological polar surface area (TPSA) is 89.6 Å². The molecule has 1 heterocycles. The fraction of sp³-hybridized carbons (Fsp3) is 0.250. The molecule has 1 aromatic heterocycles. The number of amides is 1. The average Bonchev–Trinajstić information content (AvgIpc) is 3.00. The summed E-state index contributed by atoms with van der Waals surface area (Å²) in [6, 6.07) is 13.3. The molecule has 0 atom stereocenters. The van der Waals surface area contributed by atoms with Crippen molar-refractivity contribution >= 4 is 38.8 Å². The molecule has 0 saturated carbocycles. The van der Waals surface area contributed by atoms with Gasteiger partial charge in [-0.2, -0.15) is 5.10 Å². The summed E-state index contributed by atoms with van der Waals surface area (Å²) in [5.74, 6) is 0.988. The van der Waals surface area contributed by atoms with Crippen LogP contribution in [0.3, 0.4) is 0 Å². The molecule has 3 N–H and O–H groups in total. The van der Waals surface area contributed by atoms with Gasteiger partial charge < -0.3 is 10.5 Å². The van der Waals surface area contributed by atoms with Crippen LogP contribution in [0.4, 0.5) is 5.13 Å². The second kappa shape index (κ2) is 8.64. The van der Waals surface area contributed by atoms with Crippen LogP contribution in [-0.2, 0) is 11.2 Å². The number of nitrogen functional groups attached to an aromatic ring is 1. The minimum absolute atomic E-state index is 0.191. The molecule has 1 amide bonds. The standard InChI is InChI=1S/C20H22N4O2S/c1-13(2)12-26-17-6-4-3-5-15(17)11-22-24-19(25)10-14-7-8-16-18(9-14)27-20(21)23-16/h3-9,11,13H,10,12H2,1-2H3,(H2,21,23)(H,24,25)/b22-11-. The molecule has 2 aromatic carbocycles. The fourth-order valence-corrected chi connectivity index (χ4v) is 3.27. The Labute approximate surface area is 162 Å². The number of para-hydroxylation sites is 1. The van der Waals surface area contributed by atoms with Crippen molar-refractivity contribution < 1.29 is 9.53 Å². The summed E-state index contributed by atoms with van der Waals surface area (Å²) in [6.45, 7) is 4.81. The zero-order valence-electron chi connectivity index (χ0n) is 15.3. The van der Waals surface area contributed by atoms with Gasteiger partial charge in [0.05, 0.1) is 29.5 Å². The number of hydrazone groups is 1. The highest BCUT2D eigenvalue weighted by Crippen LogP contribution is 2.24. The van der Waals surface area contributed by atoms with Gasteiger partial charge in [-0.3, -0.25) is 4.79 Å². The normalized spacial score (nSPS) is 11.4. The van der Waals surface area contributed by atoms with E-state index in [0.29, 0.717) is 17.7 Å². The van der Waals surface area contributed by atoms with Gasteiger partial charge in [-0.1, -0.05) is 43.4 Å². The summed E-state index contributed by atoms with van der Waals surface area (Å²) in [5.41, 5.74) is 10.8. The van der Waals surface area contributed by atoms with Crippen LogP contribution in [0.25, 0.3) is 10.2 Å². The number of thiazole rings is 1. The monoisotopic (exact) mass is 382 g/mol. The highest BCUT2D eigenvalue weighted by atomic mass is 32.1. The van der Waals surface area contributed by atoms with E-state index < -0.39 is 0 Å². The van der Waals surface area contributed by atoms with Crippen LogP contribution in [0.2, 0.25) is 0 Å². The third kappa shape index (κ3) is 5.27. The van der Waals surface area contributed by atoms with Crippen molar-refractivity contribution in [1.82, 2.24) is 10.4 Å². The molecule has 0 aliphatic carbocycles. The number of nitrogens with zero attached hydrogens (tertiary/aromatic N) is 2. The third-order valence-electron chi connectivity index (χ3n) is 3.72. The highest BCUT2D eigenvalue weighted by molar-refractivity contribution is 7.22. The molecule has 0 spiro atoms. The molecule has 0 aliphatic heterocycles. The molecular formula is C20H22N4O2S. The number of fused-ring (bicyclic) bond motifs is 1. The molecule has 0 bridgehead atoms. The minimum Gasteiger partial charge on any atom is -0.493 e. The third-order valence-corrected chi connectivity index (χ3v) is 4.57. The van der Waals surface area contributed by atoms with Gasteiger partial charge in [0.1, 0.15) is 5.75 Å². The summed E-state index contributed by atoms with van der Waals surface area (Å²) in [5, 5.41) is 4.58. The first-order chi connectivity index (χ1) is 13.0. The van der Waals surface area contributed by atoms with E-state index in [0.717, 1.165) is 27.1 Å². The molecule has 0 saturated heterocycles. The van der Waals surface area contributed by atoms with Crippen molar-refractivity contribution in [3.63, 3.8) is 0 Å². The Bertz CT molecular complexity index is 966. The number of aromatic nitrogens is 1. The second-order valence-electron chi connectivity index (χ2n) is 6.57. The number of carbonyl (C=O) groups excluding carboxylic acids is 1. The zero-order valence-corrected chi connectivity index (χ0v) is 16.1. The predicted octanol–water partition coefficient (Wildman–Crippen LogP) is 3.61. The first-order valence-corrected chi connectivity index (χ1v) is 9.51. The Kier molecular flexibility index (Phi) is 6.03. The van der Waals surface area contributed by atoms with Crippen molar-refractivity contribution in [2.24, 2.45) is 11.0 Å². The summed E-state index contributed by atoms with van der Waals surface area (Å²) < 4.78 is 6.75. The molecule has 140 valence electrons. The Hall–Kier alpha value is -2.93. The molecule has 3 rings (SSSR count). The quantitative estimate of drug-likeness (QED) is 0.482. The molecule has 0 aliphatic rings. The van der Waals surface area contributed by atoms with E-state index in [1.165, 1.54) is 11.3 Å². The fourth-order valence-electron chi connectivity index (χ4n) is 2.47. The van der Waals surface area contributed by atoms with Crippen molar-refractivity contribution in [1.29, 1.82) is 0 Å². The van der Waals surface area contributed by atoms with Crippen LogP contribution in [0.15, 0.2) is 47.6 Å². The number of rotatable bonds is 7. The van der Waals surface area contributed by atoms with E-state index >= 15 is 0 Å². The van der Waals surface area contributed by atoms with Crippen LogP contribution in [0, 0.1) is 5.92 Å². The van der Waals surface area contributed by atoms with Gasteiger partial charge in [-0.25, -0.2) is 10.4 Å². The van der Waals surface area contributed by atoms with Crippen LogP contribution in [0.1, 0.15) is 25.0 Å². The number of nitrogens with two attached hydrogens (primary N) is 1. The molecule has 3 aromatic rings. The van der Waals surface area contributed by atoms with Gasteiger partial charge in [-0.05, 0) is 35.7 Å². The van der Waals surface area contributed by atoms with E-state index in [9.17, 15) is 4.79 Å². The second-order valence-corrected chi connectivity index (χ2v) is 7.63. The molecular weight excluding hydrogens is 360 g/mol. The molecule has 0 unspecified atom stereocenters. The molecule has 0 radical (unpaired) electrons. The summed E-state index contributed by atoms with van der Waals surface area (Å²) in [7, 11) is 0. The van der Waals surface area contributed by atoms with Gasteiger partial charge in [0, 0.05) is 5.56 Å². The van der Waals surface area contributed by atoms with Gasteiger partial charge in [0.25, 0.3) is 0 Å². The molecule has 27 heavy (non-hydrogen) atoms. The van der Waals surface area contributed by atoms with Crippen molar-refractivity contribution in [2.45, 2.75) is 20.3 Å². The number of carbonyl (C=O) groups is 1. The van der Waals surface area contributed by atoms with E-state index in [1.54, 1.807) is 6.21 Å².